The van der Waals surface area contributed by atoms with Gasteiger partial charge < -0.3 is 14.1 Å². The summed E-state index contributed by atoms with van der Waals surface area (Å²) in [5.74, 6) is 6.89. The third-order valence-electron chi connectivity index (χ3n) is 3.14. The van der Waals surface area contributed by atoms with Crippen molar-refractivity contribution in [1.29, 1.82) is 0 Å². The van der Waals surface area contributed by atoms with Crippen LogP contribution >= 0.6 is 0 Å². The zero-order valence-electron chi connectivity index (χ0n) is 13.7. The Morgan fingerprint density at radius 3 is 2.57 bits per heavy atom. The molecule has 120 valence electrons. The van der Waals surface area contributed by atoms with Crippen molar-refractivity contribution in [1.82, 2.24) is 4.90 Å². The fourth-order valence-corrected chi connectivity index (χ4v) is 2.12. The van der Waals surface area contributed by atoms with Crippen LogP contribution in [0.4, 0.5) is 0 Å². The maximum absolute atomic E-state index is 12.6. The number of rotatable bonds is 5. The van der Waals surface area contributed by atoms with Gasteiger partial charge >= 0.3 is 0 Å². The summed E-state index contributed by atoms with van der Waals surface area (Å²) in [4.78, 5) is 14.3. The van der Waals surface area contributed by atoms with Crippen LogP contribution in [0.25, 0.3) is 0 Å². The van der Waals surface area contributed by atoms with Gasteiger partial charge in [-0.2, -0.15) is 0 Å². The summed E-state index contributed by atoms with van der Waals surface area (Å²) in [5, 5.41) is 0. The summed E-state index contributed by atoms with van der Waals surface area (Å²) in [6, 6.07) is 13.0. The zero-order chi connectivity index (χ0) is 16.7. The molecule has 1 aromatic carbocycles. The van der Waals surface area contributed by atoms with Crippen LogP contribution in [0.3, 0.4) is 0 Å². The quantitative estimate of drug-likeness (QED) is 0.794. The van der Waals surface area contributed by atoms with Gasteiger partial charge in [-0.1, -0.05) is 43.9 Å². The van der Waals surface area contributed by atoms with E-state index in [1.807, 2.05) is 30.3 Å². The Kier molecular flexibility index (Phi) is 5.87. The van der Waals surface area contributed by atoms with Crippen molar-refractivity contribution < 1.29 is 13.9 Å². The van der Waals surface area contributed by atoms with Gasteiger partial charge in [0.05, 0.1) is 13.7 Å². The number of amides is 1. The fourth-order valence-electron chi connectivity index (χ4n) is 2.12. The van der Waals surface area contributed by atoms with Crippen LogP contribution in [-0.4, -0.2) is 31.0 Å². The summed E-state index contributed by atoms with van der Waals surface area (Å²) >= 11 is 0. The molecule has 0 atom stereocenters. The highest BCUT2D eigenvalue weighted by Gasteiger charge is 2.19. The van der Waals surface area contributed by atoms with Gasteiger partial charge in [0.15, 0.2) is 5.76 Å². The second-order valence-electron chi connectivity index (χ2n) is 5.57. The molecule has 4 heteroatoms. The van der Waals surface area contributed by atoms with Crippen molar-refractivity contribution in [3.8, 4) is 17.8 Å². The first-order chi connectivity index (χ1) is 11.1. The van der Waals surface area contributed by atoms with Crippen molar-refractivity contribution in [3.05, 3.63) is 53.8 Å². The van der Waals surface area contributed by atoms with Crippen molar-refractivity contribution in [2.75, 3.05) is 20.2 Å². The number of methoxy groups -OCH3 is 1. The molecule has 0 fully saturated rings. The second kappa shape index (κ2) is 8.09. The fraction of sp³-hybridized carbons (Fsp3) is 0.316. The van der Waals surface area contributed by atoms with Crippen LogP contribution in [0, 0.1) is 17.8 Å². The Bertz CT molecular complexity index is 692. The molecule has 1 amide bonds. The minimum atomic E-state index is -0.177. The molecule has 23 heavy (non-hydrogen) atoms. The maximum Gasteiger partial charge on any atom is 0.290 e. The predicted octanol–water partition coefficient (Wildman–Crippen LogP) is 3.44. The Labute approximate surface area is 137 Å². The number of benzene rings is 1. The highest BCUT2D eigenvalue weighted by molar-refractivity contribution is 5.91. The molecule has 4 nitrogen and oxygen atoms in total. The lowest BCUT2D eigenvalue weighted by atomic mass is 10.2. The van der Waals surface area contributed by atoms with Crippen LogP contribution in [0.1, 0.15) is 30.0 Å². The molecule has 0 N–H and O–H groups in total. The predicted molar refractivity (Wildman–Crippen MR) is 89.3 cm³/mol. The van der Waals surface area contributed by atoms with E-state index >= 15 is 0 Å². The molecular formula is C19H21NO3. The van der Waals surface area contributed by atoms with Crippen LogP contribution in [0.5, 0.6) is 5.95 Å². The molecule has 2 rings (SSSR count). The second-order valence-corrected chi connectivity index (χ2v) is 5.57. The molecule has 0 radical (unpaired) electrons. The van der Waals surface area contributed by atoms with Gasteiger partial charge in [-0.25, -0.2) is 0 Å². The molecule has 0 aliphatic heterocycles. The smallest absolute Gasteiger partial charge is 0.290 e. The van der Waals surface area contributed by atoms with E-state index in [0.29, 0.717) is 25.0 Å². The molecule has 0 bridgehead atoms. The lowest BCUT2D eigenvalue weighted by molar-refractivity contribution is 0.0721. The highest BCUT2D eigenvalue weighted by Crippen LogP contribution is 2.17. The van der Waals surface area contributed by atoms with Crippen molar-refractivity contribution in [3.63, 3.8) is 0 Å². The third kappa shape index (κ3) is 4.93. The largest absolute Gasteiger partial charge is 0.468 e. The topological polar surface area (TPSA) is 42.7 Å². The van der Waals surface area contributed by atoms with Gasteiger partial charge in [-0.3, -0.25) is 4.79 Å². The monoisotopic (exact) mass is 311 g/mol. The van der Waals surface area contributed by atoms with Gasteiger partial charge in [0, 0.05) is 18.2 Å². The van der Waals surface area contributed by atoms with Crippen molar-refractivity contribution >= 4 is 5.91 Å². The molecule has 0 unspecified atom stereocenters. The standard InChI is InChI=1S/C19H21NO3/c1-15(2)14-20(13-7-10-16-8-5-4-6-9-16)19(21)17-11-12-18(22-3)23-17/h4-6,8-9,11-12,15H,13-14H2,1-3H3. The van der Waals surface area contributed by atoms with E-state index in [2.05, 4.69) is 25.7 Å². The van der Waals surface area contributed by atoms with E-state index in [1.165, 1.54) is 7.11 Å². The molecule has 2 aromatic rings. The first kappa shape index (κ1) is 16.7. The van der Waals surface area contributed by atoms with Gasteiger partial charge in [0.1, 0.15) is 0 Å². The lowest BCUT2D eigenvalue weighted by Crippen LogP contribution is -2.34. The van der Waals surface area contributed by atoms with E-state index in [9.17, 15) is 4.79 Å². The molecule has 0 saturated heterocycles. The average Bonchev–Trinajstić information content (AvgIpc) is 3.03. The highest BCUT2D eigenvalue weighted by atomic mass is 16.6. The maximum atomic E-state index is 12.6. The SMILES string of the molecule is COc1ccc(C(=O)N(CC#Cc2ccccc2)CC(C)C)o1. The Balaban J connectivity index is 2.10. The number of hydrogen-bond acceptors (Lipinski definition) is 3. The lowest BCUT2D eigenvalue weighted by Gasteiger charge is -2.21. The molecule has 0 aliphatic carbocycles. The summed E-state index contributed by atoms with van der Waals surface area (Å²) in [5.41, 5.74) is 0.934. The molecular weight excluding hydrogens is 290 g/mol. The first-order valence-electron chi connectivity index (χ1n) is 7.57. The van der Waals surface area contributed by atoms with E-state index in [1.54, 1.807) is 17.0 Å². The molecule has 0 aliphatic rings. The normalized spacial score (nSPS) is 10.1. The molecule has 0 saturated carbocycles. The van der Waals surface area contributed by atoms with Crippen LogP contribution in [-0.2, 0) is 0 Å². The van der Waals surface area contributed by atoms with E-state index in [0.717, 1.165) is 5.56 Å². The van der Waals surface area contributed by atoms with E-state index in [4.69, 9.17) is 9.15 Å². The Morgan fingerprint density at radius 2 is 1.96 bits per heavy atom. The minimum Gasteiger partial charge on any atom is -0.468 e. The number of hydrogen-bond donors (Lipinski definition) is 0. The number of ether oxygens (including phenoxy) is 1. The van der Waals surface area contributed by atoms with E-state index < -0.39 is 0 Å². The van der Waals surface area contributed by atoms with Gasteiger partial charge in [0.2, 0.25) is 0 Å². The van der Waals surface area contributed by atoms with E-state index in [-0.39, 0.29) is 11.7 Å². The summed E-state index contributed by atoms with van der Waals surface area (Å²) < 4.78 is 10.3. The number of furan rings is 1. The number of carbonyl (C=O) groups excluding carboxylic acids is 1. The summed E-state index contributed by atoms with van der Waals surface area (Å²) in [7, 11) is 1.50. The van der Waals surface area contributed by atoms with Crippen LogP contribution < -0.4 is 4.74 Å². The van der Waals surface area contributed by atoms with Gasteiger partial charge in [-0.15, -0.1) is 0 Å². The Morgan fingerprint density at radius 1 is 1.22 bits per heavy atom. The van der Waals surface area contributed by atoms with Crippen LogP contribution in [0.2, 0.25) is 0 Å². The number of carbonyl (C=O) groups is 1. The Hall–Kier alpha value is -2.67. The number of nitrogens with zero attached hydrogens (tertiary/aromatic N) is 1. The van der Waals surface area contributed by atoms with Gasteiger partial charge in [0.25, 0.3) is 11.9 Å². The van der Waals surface area contributed by atoms with Gasteiger partial charge in [-0.05, 0) is 24.1 Å². The molecule has 0 spiro atoms. The van der Waals surface area contributed by atoms with Crippen molar-refractivity contribution in [2.45, 2.75) is 13.8 Å². The zero-order valence-corrected chi connectivity index (χ0v) is 13.7. The minimum absolute atomic E-state index is 0.177. The van der Waals surface area contributed by atoms with Crippen molar-refractivity contribution in [2.24, 2.45) is 5.92 Å². The summed E-state index contributed by atoms with van der Waals surface area (Å²) in [6.45, 7) is 5.10. The average molecular weight is 311 g/mol. The molecule has 1 heterocycles. The molecule has 1 aromatic heterocycles. The summed E-state index contributed by atoms with van der Waals surface area (Å²) in [6.07, 6.45) is 0. The first-order valence-corrected chi connectivity index (χ1v) is 7.57. The third-order valence-corrected chi connectivity index (χ3v) is 3.14. The van der Waals surface area contributed by atoms with Crippen LogP contribution in [0.15, 0.2) is 46.9 Å².